The Hall–Kier alpha value is -3.02. The number of nitrogens with one attached hydrogen (secondary N) is 1. The van der Waals surface area contributed by atoms with Gasteiger partial charge in [0.25, 0.3) is 0 Å². The van der Waals surface area contributed by atoms with Crippen LogP contribution >= 0.6 is 11.6 Å². The topological polar surface area (TPSA) is 40.1 Å². The lowest BCUT2D eigenvalue weighted by Gasteiger charge is -2.32. The van der Waals surface area contributed by atoms with E-state index in [0.29, 0.717) is 0 Å². The van der Waals surface area contributed by atoms with Crippen LogP contribution in [0.2, 0.25) is 5.02 Å². The molecule has 0 aromatic heterocycles. The first-order valence-corrected chi connectivity index (χ1v) is 13.6. The summed E-state index contributed by atoms with van der Waals surface area (Å²) in [6.07, 6.45) is 6.59. The maximum atomic E-state index is 6.43. The monoisotopic (exact) mass is 534 g/mol. The number of aryl methyl sites for hydroxylation is 1. The van der Waals surface area contributed by atoms with Crippen molar-refractivity contribution in [1.82, 2.24) is 15.2 Å². The standard InChI is InChI=1S/C31H39ClN4O.CH4/c1-22-10-9-11-28(32)30(22)24(3)34-23(2)20-26-12-14-27(15-13-26)31-25(4)36(33-21-29(31)37-5)19-18-35-16-7-6-8-17-35;/h9-15,21,23,34H,3-4,6-8,16-20H2,1-2,5H3;1H4. The fraction of sp³-hybridized carbons (Fsp3) is 0.406. The zero-order valence-electron chi connectivity index (χ0n) is 22.4. The molecule has 1 N–H and O–H groups in total. The average molecular weight is 535 g/mol. The first-order chi connectivity index (χ1) is 17.9. The van der Waals surface area contributed by atoms with Crippen molar-refractivity contribution in [1.29, 1.82) is 0 Å². The third-order valence-electron chi connectivity index (χ3n) is 7.19. The second kappa shape index (κ2) is 13.7. The zero-order chi connectivity index (χ0) is 26.4. The number of allylic oxidation sites excluding steroid dienone is 2. The van der Waals surface area contributed by atoms with Crippen LogP contribution in [-0.4, -0.2) is 55.5 Å². The molecule has 0 radical (unpaired) electrons. The molecule has 1 atom stereocenters. The first-order valence-electron chi connectivity index (χ1n) is 13.2. The molecule has 6 heteroatoms. The van der Waals surface area contributed by atoms with Gasteiger partial charge in [0.1, 0.15) is 5.76 Å². The van der Waals surface area contributed by atoms with Gasteiger partial charge < -0.3 is 15.0 Å². The second-order valence-electron chi connectivity index (χ2n) is 10.0. The van der Waals surface area contributed by atoms with Crippen LogP contribution in [0.4, 0.5) is 0 Å². The lowest BCUT2D eigenvalue weighted by molar-refractivity contribution is 0.202. The number of hydrogen-bond acceptors (Lipinski definition) is 5. The van der Waals surface area contributed by atoms with E-state index in [0.717, 1.165) is 63.9 Å². The van der Waals surface area contributed by atoms with Crippen molar-refractivity contribution < 1.29 is 4.74 Å². The Morgan fingerprint density at radius 1 is 1.11 bits per heavy atom. The molecule has 0 amide bonds. The van der Waals surface area contributed by atoms with Gasteiger partial charge >= 0.3 is 0 Å². The van der Waals surface area contributed by atoms with Gasteiger partial charge in [-0.25, -0.2) is 0 Å². The smallest absolute Gasteiger partial charge is 0.148 e. The SMILES string of the molecule is C.C=C(NC(C)Cc1ccc(C2=C(OC)C=NN(CCN3CCCCC3)C2=C)cc1)c1c(C)cccc1Cl. The summed E-state index contributed by atoms with van der Waals surface area (Å²) in [6, 6.07) is 14.8. The van der Waals surface area contributed by atoms with Gasteiger partial charge in [-0.1, -0.05) is 75.0 Å². The van der Waals surface area contributed by atoms with Crippen LogP contribution < -0.4 is 5.32 Å². The molecule has 5 nitrogen and oxygen atoms in total. The molecule has 0 bridgehead atoms. The highest BCUT2D eigenvalue weighted by atomic mass is 35.5. The maximum absolute atomic E-state index is 6.43. The molecule has 2 aromatic rings. The van der Waals surface area contributed by atoms with Crippen LogP contribution in [0.5, 0.6) is 0 Å². The molecule has 1 fully saturated rings. The van der Waals surface area contributed by atoms with E-state index < -0.39 is 0 Å². The molecule has 0 aliphatic carbocycles. The van der Waals surface area contributed by atoms with Gasteiger partial charge in [0.15, 0.2) is 0 Å². The summed E-state index contributed by atoms with van der Waals surface area (Å²) in [5.74, 6) is 0.744. The Labute approximate surface area is 234 Å². The van der Waals surface area contributed by atoms with Crippen LogP contribution in [0, 0.1) is 6.92 Å². The van der Waals surface area contributed by atoms with Gasteiger partial charge in [-0.05, 0) is 69.0 Å². The van der Waals surface area contributed by atoms with Crippen molar-refractivity contribution in [3.63, 3.8) is 0 Å². The van der Waals surface area contributed by atoms with Gasteiger partial charge in [0, 0.05) is 23.8 Å². The molecule has 1 saturated heterocycles. The van der Waals surface area contributed by atoms with E-state index in [-0.39, 0.29) is 13.5 Å². The van der Waals surface area contributed by atoms with Crippen molar-refractivity contribution in [2.24, 2.45) is 5.10 Å². The Kier molecular flexibility index (Phi) is 10.6. The Bertz CT molecular complexity index is 1160. The highest BCUT2D eigenvalue weighted by molar-refractivity contribution is 6.32. The normalized spacial score (nSPS) is 16.7. The minimum Gasteiger partial charge on any atom is -0.494 e. The van der Waals surface area contributed by atoms with Crippen LogP contribution in [-0.2, 0) is 11.2 Å². The predicted molar refractivity (Wildman–Crippen MR) is 163 cm³/mol. The van der Waals surface area contributed by atoms with E-state index in [1.165, 1.54) is 37.9 Å². The minimum absolute atomic E-state index is 0. The van der Waals surface area contributed by atoms with E-state index >= 15 is 0 Å². The summed E-state index contributed by atoms with van der Waals surface area (Å²) in [6.45, 7) is 17.0. The van der Waals surface area contributed by atoms with E-state index in [4.69, 9.17) is 16.3 Å². The van der Waals surface area contributed by atoms with Crippen LogP contribution in [0.1, 0.15) is 55.9 Å². The number of ether oxygens (including phenoxy) is 1. The molecule has 2 heterocycles. The molecule has 0 saturated carbocycles. The molecule has 204 valence electrons. The van der Waals surface area contributed by atoms with Crippen molar-refractivity contribution in [3.05, 3.63) is 94.4 Å². The number of likely N-dealkylation sites (tertiary alicyclic amines) is 1. The summed E-state index contributed by atoms with van der Waals surface area (Å²) < 4.78 is 5.67. The lowest BCUT2D eigenvalue weighted by Crippen LogP contribution is -2.36. The lowest BCUT2D eigenvalue weighted by atomic mass is 9.97. The number of rotatable bonds is 10. The van der Waals surface area contributed by atoms with E-state index in [1.54, 1.807) is 7.11 Å². The Morgan fingerprint density at radius 3 is 2.47 bits per heavy atom. The maximum Gasteiger partial charge on any atom is 0.148 e. The number of benzene rings is 2. The number of hydrogen-bond donors (Lipinski definition) is 1. The molecule has 2 aromatic carbocycles. The number of methoxy groups -OCH3 is 1. The highest BCUT2D eigenvalue weighted by Crippen LogP contribution is 2.32. The molecular weight excluding hydrogens is 492 g/mol. The highest BCUT2D eigenvalue weighted by Gasteiger charge is 2.23. The minimum atomic E-state index is 0. The van der Waals surface area contributed by atoms with Crippen molar-refractivity contribution in [2.75, 3.05) is 33.3 Å². The Balaban J connectivity index is 0.00000400. The fourth-order valence-corrected chi connectivity index (χ4v) is 5.53. The predicted octanol–water partition coefficient (Wildman–Crippen LogP) is 7.13. The molecule has 2 aliphatic heterocycles. The summed E-state index contributed by atoms with van der Waals surface area (Å²) >= 11 is 6.43. The molecule has 38 heavy (non-hydrogen) atoms. The molecule has 0 spiro atoms. The first kappa shape index (κ1) is 29.5. The molecule has 2 aliphatic rings. The summed E-state index contributed by atoms with van der Waals surface area (Å²) in [4.78, 5) is 2.52. The summed E-state index contributed by atoms with van der Waals surface area (Å²) in [5.41, 5.74) is 7.14. The van der Waals surface area contributed by atoms with Gasteiger partial charge in [0.05, 0.1) is 36.2 Å². The third-order valence-corrected chi connectivity index (χ3v) is 7.50. The molecule has 1 unspecified atom stereocenters. The largest absolute Gasteiger partial charge is 0.494 e. The van der Waals surface area contributed by atoms with Crippen LogP contribution in [0.3, 0.4) is 0 Å². The quantitative estimate of drug-likeness (QED) is 0.352. The number of nitrogens with zero attached hydrogens (tertiary/aromatic N) is 3. The number of hydrazone groups is 1. The average Bonchev–Trinajstić information content (AvgIpc) is 2.89. The van der Waals surface area contributed by atoms with Gasteiger partial charge in [-0.3, -0.25) is 5.01 Å². The van der Waals surface area contributed by atoms with Crippen molar-refractivity contribution in [2.45, 2.75) is 53.0 Å². The van der Waals surface area contributed by atoms with Crippen LogP contribution in [0.25, 0.3) is 11.3 Å². The van der Waals surface area contributed by atoms with Crippen molar-refractivity contribution in [3.8, 4) is 0 Å². The van der Waals surface area contributed by atoms with Gasteiger partial charge in [0.2, 0.25) is 0 Å². The van der Waals surface area contributed by atoms with Gasteiger partial charge in [-0.2, -0.15) is 5.10 Å². The Morgan fingerprint density at radius 2 is 1.82 bits per heavy atom. The molecular formula is C32H43ClN4O. The van der Waals surface area contributed by atoms with Crippen LogP contribution in [0.15, 0.2) is 72.2 Å². The summed E-state index contributed by atoms with van der Waals surface area (Å²) in [7, 11) is 1.69. The van der Waals surface area contributed by atoms with Crippen molar-refractivity contribution >= 4 is 29.1 Å². The fourth-order valence-electron chi connectivity index (χ4n) is 5.20. The van der Waals surface area contributed by atoms with E-state index in [9.17, 15) is 0 Å². The zero-order valence-corrected chi connectivity index (χ0v) is 23.2. The van der Waals surface area contributed by atoms with E-state index in [2.05, 4.69) is 72.7 Å². The van der Waals surface area contributed by atoms with Gasteiger partial charge in [-0.15, -0.1) is 0 Å². The number of halogens is 1. The number of piperidine rings is 1. The third kappa shape index (κ3) is 7.09. The summed E-state index contributed by atoms with van der Waals surface area (Å²) in [5, 5.41) is 10.9. The van der Waals surface area contributed by atoms with E-state index in [1.807, 2.05) is 23.4 Å². The molecule has 4 rings (SSSR count). The second-order valence-corrected chi connectivity index (χ2v) is 10.4.